The van der Waals surface area contributed by atoms with Gasteiger partial charge in [-0.2, -0.15) is 0 Å². The molecule has 0 aliphatic carbocycles. The van der Waals surface area contributed by atoms with Gasteiger partial charge in [-0.05, 0) is 48.9 Å². The third-order valence-electron chi connectivity index (χ3n) is 3.78. The molecule has 2 aromatic carbocycles. The molecule has 1 heterocycles. The van der Waals surface area contributed by atoms with Gasteiger partial charge in [0.05, 0.1) is 11.4 Å². The van der Waals surface area contributed by atoms with Crippen molar-refractivity contribution in [1.82, 2.24) is 15.3 Å². The van der Waals surface area contributed by atoms with Crippen LogP contribution < -0.4 is 5.32 Å². The summed E-state index contributed by atoms with van der Waals surface area (Å²) >= 11 is 0. The number of hydrogen-bond donors (Lipinski definition) is 1. The first-order valence-corrected chi connectivity index (χ1v) is 8.30. The average molecular weight is 340 g/mol. The van der Waals surface area contributed by atoms with Gasteiger partial charge in [0.2, 0.25) is 6.29 Å². The number of hydrogen-bond acceptors (Lipinski definition) is 4. The molecule has 0 saturated carbocycles. The van der Waals surface area contributed by atoms with Crippen LogP contribution in [0, 0.1) is 18.8 Å². The number of carbonyl (C=O) groups excluding carboxylic acids is 1. The molecule has 4 nitrogen and oxygen atoms in total. The van der Waals surface area contributed by atoms with E-state index in [2.05, 4.69) is 39.3 Å². The molecule has 0 aliphatic rings. The Morgan fingerprint density at radius 1 is 0.808 bits per heavy atom. The molecule has 0 fully saturated rings. The van der Waals surface area contributed by atoms with Crippen molar-refractivity contribution < 1.29 is 4.79 Å². The van der Waals surface area contributed by atoms with Gasteiger partial charge in [0.15, 0.2) is 0 Å². The summed E-state index contributed by atoms with van der Waals surface area (Å²) in [5.41, 5.74) is 5.38. The lowest BCUT2D eigenvalue weighted by atomic mass is 10.1. The zero-order valence-corrected chi connectivity index (χ0v) is 14.5. The number of benzene rings is 2. The SMILES string of the molecule is Cc1cnc(CNCc2ccc(C#Cc3ccc([C]=O)cc3)cc2)cn1. The van der Waals surface area contributed by atoms with Crippen LogP contribution in [0.5, 0.6) is 0 Å². The summed E-state index contributed by atoms with van der Waals surface area (Å²) in [6, 6.07) is 15.2. The van der Waals surface area contributed by atoms with Crippen LogP contribution in [0.2, 0.25) is 0 Å². The van der Waals surface area contributed by atoms with Crippen molar-refractivity contribution in [3.05, 3.63) is 94.6 Å². The monoisotopic (exact) mass is 340 g/mol. The Bertz CT molecular complexity index is 918. The Morgan fingerprint density at radius 3 is 2.00 bits per heavy atom. The first-order valence-electron chi connectivity index (χ1n) is 8.30. The zero-order valence-electron chi connectivity index (χ0n) is 14.5. The lowest BCUT2D eigenvalue weighted by molar-refractivity contribution is 0.563. The molecular weight excluding hydrogens is 322 g/mol. The molecule has 0 bridgehead atoms. The topological polar surface area (TPSA) is 54.9 Å². The molecule has 4 heteroatoms. The van der Waals surface area contributed by atoms with Gasteiger partial charge in [-0.15, -0.1) is 0 Å². The lowest BCUT2D eigenvalue weighted by Gasteiger charge is -2.05. The number of rotatable bonds is 5. The maximum Gasteiger partial charge on any atom is 0.233 e. The van der Waals surface area contributed by atoms with Crippen LogP contribution in [0.15, 0.2) is 60.9 Å². The molecule has 0 amide bonds. The highest BCUT2D eigenvalue weighted by Crippen LogP contribution is 2.05. The van der Waals surface area contributed by atoms with Crippen molar-refractivity contribution in [1.29, 1.82) is 0 Å². The van der Waals surface area contributed by atoms with Crippen LogP contribution in [-0.4, -0.2) is 16.3 Å². The van der Waals surface area contributed by atoms with Gasteiger partial charge in [-0.3, -0.25) is 14.8 Å². The molecule has 3 aromatic rings. The Hall–Kier alpha value is -3.29. The van der Waals surface area contributed by atoms with E-state index in [9.17, 15) is 4.79 Å². The Balaban J connectivity index is 1.54. The summed E-state index contributed by atoms with van der Waals surface area (Å²) in [4.78, 5) is 19.1. The summed E-state index contributed by atoms with van der Waals surface area (Å²) in [6.07, 6.45) is 5.42. The number of nitrogens with zero attached hydrogens (tertiary/aromatic N) is 2. The predicted octanol–water partition coefficient (Wildman–Crippen LogP) is 2.93. The van der Waals surface area contributed by atoms with Gasteiger partial charge in [0, 0.05) is 42.2 Å². The summed E-state index contributed by atoms with van der Waals surface area (Å²) in [7, 11) is 0. The summed E-state index contributed by atoms with van der Waals surface area (Å²) in [5, 5.41) is 3.36. The van der Waals surface area contributed by atoms with Crippen molar-refractivity contribution >= 4 is 6.29 Å². The Kier molecular flexibility index (Phi) is 5.87. The lowest BCUT2D eigenvalue weighted by Crippen LogP contribution is -2.13. The molecule has 1 aromatic heterocycles. The van der Waals surface area contributed by atoms with Crippen molar-refractivity contribution in [3.8, 4) is 11.8 Å². The van der Waals surface area contributed by atoms with Gasteiger partial charge in [0.25, 0.3) is 0 Å². The van der Waals surface area contributed by atoms with E-state index in [0.717, 1.165) is 29.1 Å². The number of aryl methyl sites for hydroxylation is 1. The van der Waals surface area contributed by atoms with Crippen LogP contribution in [0.1, 0.15) is 33.6 Å². The van der Waals surface area contributed by atoms with E-state index in [1.807, 2.05) is 37.5 Å². The molecule has 1 radical (unpaired) electrons. The molecular formula is C22H18N3O. The van der Waals surface area contributed by atoms with Gasteiger partial charge < -0.3 is 5.32 Å². The van der Waals surface area contributed by atoms with E-state index in [-0.39, 0.29) is 0 Å². The average Bonchev–Trinajstić information content (AvgIpc) is 2.69. The van der Waals surface area contributed by atoms with E-state index in [1.54, 1.807) is 24.5 Å². The third kappa shape index (κ3) is 5.10. The molecule has 1 N–H and O–H groups in total. The Morgan fingerprint density at radius 2 is 1.42 bits per heavy atom. The minimum atomic E-state index is 0.532. The summed E-state index contributed by atoms with van der Waals surface area (Å²) in [6.45, 7) is 3.36. The first kappa shape index (κ1) is 17.5. The maximum absolute atomic E-state index is 10.5. The summed E-state index contributed by atoms with van der Waals surface area (Å²) < 4.78 is 0. The molecule has 0 saturated heterocycles. The van der Waals surface area contributed by atoms with E-state index in [1.165, 1.54) is 5.56 Å². The van der Waals surface area contributed by atoms with Crippen LogP contribution in [0.4, 0.5) is 0 Å². The largest absolute Gasteiger partial charge is 0.307 e. The quantitative estimate of drug-likeness (QED) is 0.726. The molecule has 0 unspecified atom stereocenters. The van der Waals surface area contributed by atoms with Gasteiger partial charge >= 0.3 is 0 Å². The number of nitrogens with one attached hydrogen (secondary N) is 1. The van der Waals surface area contributed by atoms with Crippen LogP contribution in [0.25, 0.3) is 0 Å². The molecule has 0 spiro atoms. The van der Waals surface area contributed by atoms with Crippen LogP contribution >= 0.6 is 0 Å². The highest BCUT2D eigenvalue weighted by molar-refractivity contribution is 5.75. The van der Waals surface area contributed by atoms with Crippen LogP contribution in [-0.2, 0) is 17.9 Å². The van der Waals surface area contributed by atoms with Crippen molar-refractivity contribution in [3.63, 3.8) is 0 Å². The third-order valence-corrected chi connectivity index (χ3v) is 3.78. The molecule has 3 rings (SSSR count). The minimum Gasteiger partial charge on any atom is -0.307 e. The van der Waals surface area contributed by atoms with Crippen LogP contribution in [0.3, 0.4) is 0 Å². The molecule has 127 valence electrons. The van der Waals surface area contributed by atoms with Crippen molar-refractivity contribution in [2.24, 2.45) is 0 Å². The molecule has 0 atom stereocenters. The second kappa shape index (κ2) is 8.70. The number of aromatic nitrogens is 2. The summed E-state index contributed by atoms with van der Waals surface area (Å²) in [5.74, 6) is 6.22. The van der Waals surface area contributed by atoms with Gasteiger partial charge in [-0.25, -0.2) is 0 Å². The fourth-order valence-electron chi connectivity index (χ4n) is 2.32. The highest BCUT2D eigenvalue weighted by atomic mass is 16.1. The molecule has 26 heavy (non-hydrogen) atoms. The van der Waals surface area contributed by atoms with Gasteiger partial charge in [0.1, 0.15) is 0 Å². The maximum atomic E-state index is 10.5. The normalized spacial score (nSPS) is 10.0. The minimum absolute atomic E-state index is 0.532. The zero-order chi connectivity index (χ0) is 18.2. The van der Waals surface area contributed by atoms with Crippen molar-refractivity contribution in [2.75, 3.05) is 0 Å². The second-order valence-corrected chi connectivity index (χ2v) is 5.88. The van der Waals surface area contributed by atoms with Crippen molar-refractivity contribution in [2.45, 2.75) is 20.0 Å². The highest BCUT2D eigenvalue weighted by Gasteiger charge is 1.97. The standard InChI is InChI=1S/C22H18N3O/c1-17-12-25-22(15-24-17)14-23-13-20-8-4-18(5-9-20)2-3-19-6-10-21(16-26)11-7-19/h4-12,15,23H,13-14H2,1H3. The van der Waals surface area contributed by atoms with E-state index < -0.39 is 0 Å². The smallest absolute Gasteiger partial charge is 0.233 e. The second-order valence-electron chi connectivity index (χ2n) is 5.88. The van der Waals surface area contributed by atoms with E-state index >= 15 is 0 Å². The predicted molar refractivity (Wildman–Crippen MR) is 101 cm³/mol. The Labute approximate surface area is 153 Å². The van der Waals surface area contributed by atoms with E-state index in [0.29, 0.717) is 12.1 Å². The fraction of sp³-hybridized carbons (Fsp3) is 0.136. The molecule has 0 aliphatic heterocycles. The van der Waals surface area contributed by atoms with Gasteiger partial charge in [-0.1, -0.05) is 24.0 Å². The van der Waals surface area contributed by atoms with E-state index in [4.69, 9.17) is 0 Å². The first-order chi connectivity index (χ1) is 12.7. The fourth-order valence-corrected chi connectivity index (χ4v) is 2.32.